The molecule has 0 aromatic heterocycles. The minimum atomic E-state index is -0.133. The maximum atomic E-state index is 12.7. The van der Waals surface area contributed by atoms with E-state index in [1.807, 2.05) is 24.3 Å². The molecule has 1 saturated heterocycles. The highest BCUT2D eigenvalue weighted by Gasteiger charge is 2.37. The number of piperidine rings is 1. The zero-order valence-electron chi connectivity index (χ0n) is 11.9. The Labute approximate surface area is 115 Å². The van der Waals surface area contributed by atoms with Gasteiger partial charge in [0.15, 0.2) is 0 Å². The normalized spacial score (nSPS) is 18.0. The Bertz CT molecular complexity index is 436. The van der Waals surface area contributed by atoms with Crippen molar-refractivity contribution >= 4 is 5.78 Å². The van der Waals surface area contributed by atoms with E-state index < -0.39 is 0 Å². The molecule has 1 aliphatic rings. The predicted octanol–water partition coefficient (Wildman–Crippen LogP) is 2.59. The Morgan fingerprint density at radius 3 is 2.63 bits per heavy atom. The smallest absolute Gasteiger partial charge is 0.143 e. The van der Waals surface area contributed by atoms with Gasteiger partial charge < -0.3 is 10.1 Å². The van der Waals surface area contributed by atoms with Crippen LogP contribution in [0.25, 0.3) is 0 Å². The van der Waals surface area contributed by atoms with Crippen molar-refractivity contribution in [2.75, 3.05) is 20.2 Å². The van der Waals surface area contributed by atoms with Crippen LogP contribution in [0.4, 0.5) is 0 Å². The molecular formula is C16H23NO2. The lowest BCUT2D eigenvalue weighted by molar-refractivity contribution is -0.129. The largest absolute Gasteiger partial charge is 0.496 e. The molecule has 0 atom stereocenters. The minimum absolute atomic E-state index is 0.133. The standard InChI is InChI=1S/C16H23NO2/c1-3-16(8-10-17-11-9-16)15(18)12-13-6-4-5-7-14(13)19-2/h4-7,17H,3,8-12H2,1-2H3. The molecule has 0 saturated carbocycles. The highest BCUT2D eigenvalue weighted by molar-refractivity contribution is 5.87. The van der Waals surface area contributed by atoms with Crippen LogP contribution in [-0.4, -0.2) is 26.0 Å². The van der Waals surface area contributed by atoms with E-state index in [0.717, 1.165) is 43.7 Å². The van der Waals surface area contributed by atoms with Crippen molar-refractivity contribution in [3.8, 4) is 5.75 Å². The molecule has 3 heteroatoms. The van der Waals surface area contributed by atoms with Gasteiger partial charge in [-0.2, -0.15) is 0 Å². The highest BCUT2D eigenvalue weighted by Crippen LogP contribution is 2.35. The summed E-state index contributed by atoms with van der Waals surface area (Å²) in [4.78, 5) is 12.7. The Kier molecular flexibility index (Phi) is 4.59. The molecule has 0 bridgehead atoms. The fourth-order valence-corrected chi connectivity index (χ4v) is 2.94. The second kappa shape index (κ2) is 6.20. The Balaban J connectivity index is 2.15. The fraction of sp³-hybridized carbons (Fsp3) is 0.562. The highest BCUT2D eigenvalue weighted by atomic mass is 16.5. The first-order valence-corrected chi connectivity index (χ1v) is 7.08. The van der Waals surface area contributed by atoms with Gasteiger partial charge in [-0.05, 0) is 38.4 Å². The Morgan fingerprint density at radius 2 is 2.00 bits per heavy atom. The maximum absolute atomic E-state index is 12.7. The monoisotopic (exact) mass is 261 g/mol. The number of carbonyl (C=O) groups excluding carboxylic acids is 1. The van der Waals surface area contributed by atoms with Crippen LogP contribution in [0.1, 0.15) is 31.7 Å². The number of rotatable bonds is 5. The molecule has 0 unspecified atom stereocenters. The molecule has 1 N–H and O–H groups in total. The molecule has 1 aromatic carbocycles. The van der Waals surface area contributed by atoms with Crippen LogP contribution in [0.5, 0.6) is 5.75 Å². The zero-order valence-corrected chi connectivity index (χ0v) is 11.9. The van der Waals surface area contributed by atoms with Gasteiger partial charge in [-0.3, -0.25) is 4.79 Å². The number of para-hydroxylation sites is 1. The van der Waals surface area contributed by atoms with Gasteiger partial charge in [-0.1, -0.05) is 25.1 Å². The number of methoxy groups -OCH3 is 1. The molecule has 0 radical (unpaired) electrons. The number of hydrogen-bond donors (Lipinski definition) is 1. The summed E-state index contributed by atoms with van der Waals surface area (Å²) in [5.41, 5.74) is 0.868. The molecule has 1 fully saturated rings. The van der Waals surface area contributed by atoms with Crippen molar-refractivity contribution < 1.29 is 9.53 Å². The van der Waals surface area contributed by atoms with Crippen molar-refractivity contribution in [1.29, 1.82) is 0 Å². The number of ketones is 1. The predicted molar refractivity (Wildman–Crippen MR) is 76.5 cm³/mol. The van der Waals surface area contributed by atoms with E-state index >= 15 is 0 Å². The number of nitrogens with one attached hydrogen (secondary N) is 1. The van der Waals surface area contributed by atoms with Crippen LogP contribution in [0.15, 0.2) is 24.3 Å². The first kappa shape index (κ1) is 14.1. The number of benzene rings is 1. The van der Waals surface area contributed by atoms with Crippen LogP contribution in [-0.2, 0) is 11.2 Å². The van der Waals surface area contributed by atoms with Crippen molar-refractivity contribution in [2.24, 2.45) is 5.41 Å². The summed E-state index contributed by atoms with van der Waals surface area (Å²) in [6.45, 7) is 4.03. The van der Waals surface area contributed by atoms with E-state index in [1.165, 1.54) is 0 Å². The Hall–Kier alpha value is -1.35. The number of carbonyl (C=O) groups is 1. The summed E-state index contributed by atoms with van der Waals surface area (Å²) >= 11 is 0. The lowest BCUT2D eigenvalue weighted by Crippen LogP contribution is -2.42. The molecule has 0 amide bonds. The van der Waals surface area contributed by atoms with Crippen LogP contribution in [0.3, 0.4) is 0 Å². The average molecular weight is 261 g/mol. The summed E-state index contributed by atoms with van der Waals surface area (Å²) in [6.07, 6.45) is 3.33. The van der Waals surface area contributed by atoms with E-state index in [-0.39, 0.29) is 5.41 Å². The average Bonchev–Trinajstić information content (AvgIpc) is 2.48. The maximum Gasteiger partial charge on any atom is 0.143 e. The summed E-state index contributed by atoms with van der Waals surface area (Å²) in [7, 11) is 1.66. The first-order chi connectivity index (χ1) is 9.22. The molecule has 1 heterocycles. The van der Waals surface area contributed by atoms with Crippen molar-refractivity contribution in [3.63, 3.8) is 0 Å². The number of hydrogen-bond acceptors (Lipinski definition) is 3. The van der Waals surface area contributed by atoms with Crippen LogP contribution in [0, 0.1) is 5.41 Å². The van der Waals surface area contributed by atoms with Gasteiger partial charge >= 0.3 is 0 Å². The molecule has 0 spiro atoms. The number of ether oxygens (including phenoxy) is 1. The second-order valence-electron chi connectivity index (χ2n) is 5.30. The molecule has 2 rings (SSSR count). The second-order valence-corrected chi connectivity index (χ2v) is 5.30. The van der Waals surface area contributed by atoms with Crippen molar-refractivity contribution in [2.45, 2.75) is 32.6 Å². The van der Waals surface area contributed by atoms with Gasteiger partial charge in [0.1, 0.15) is 11.5 Å². The lowest BCUT2D eigenvalue weighted by atomic mass is 9.71. The molecule has 0 aliphatic carbocycles. The summed E-state index contributed by atoms with van der Waals surface area (Å²) in [5.74, 6) is 1.18. The van der Waals surface area contributed by atoms with Crippen LogP contribution >= 0.6 is 0 Å². The SMILES string of the molecule is CCC1(C(=O)Cc2ccccc2OC)CCNCC1. The summed E-state index contributed by atoms with van der Waals surface area (Å²) in [6, 6.07) is 7.81. The third kappa shape index (κ3) is 2.98. The van der Waals surface area contributed by atoms with E-state index in [0.29, 0.717) is 12.2 Å². The van der Waals surface area contributed by atoms with Gasteiger partial charge in [0, 0.05) is 17.4 Å². The van der Waals surface area contributed by atoms with E-state index in [2.05, 4.69) is 12.2 Å². The van der Waals surface area contributed by atoms with E-state index in [9.17, 15) is 4.79 Å². The van der Waals surface area contributed by atoms with Gasteiger partial charge in [-0.15, -0.1) is 0 Å². The Morgan fingerprint density at radius 1 is 1.32 bits per heavy atom. The molecule has 3 nitrogen and oxygen atoms in total. The first-order valence-electron chi connectivity index (χ1n) is 7.08. The summed E-state index contributed by atoms with van der Waals surface area (Å²) in [5, 5.41) is 3.34. The lowest BCUT2D eigenvalue weighted by Gasteiger charge is -2.35. The quantitative estimate of drug-likeness (QED) is 0.885. The number of Topliss-reactive ketones (excluding diaryl/α,β-unsaturated/α-hetero) is 1. The molecule has 1 aliphatic heterocycles. The fourth-order valence-electron chi connectivity index (χ4n) is 2.94. The van der Waals surface area contributed by atoms with Crippen LogP contribution in [0.2, 0.25) is 0 Å². The topological polar surface area (TPSA) is 38.3 Å². The van der Waals surface area contributed by atoms with Crippen molar-refractivity contribution in [1.82, 2.24) is 5.32 Å². The third-order valence-electron chi connectivity index (χ3n) is 4.37. The molecule has 1 aromatic rings. The molecular weight excluding hydrogens is 238 g/mol. The van der Waals surface area contributed by atoms with E-state index in [4.69, 9.17) is 4.74 Å². The third-order valence-corrected chi connectivity index (χ3v) is 4.37. The molecule has 19 heavy (non-hydrogen) atoms. The minimum Gasteiger partial charge on any atom is -0.496 e. The van der Waals surface area contributed by atoms with E-state index in [1.54, 1.807) is 7.11 Å². The van der Waals surface area contributed by atoms with Crippen LogP contribution < -0.4 is 10.1 Å². The van der Waals surface area contributed by atoms with Gasteiger partial charge in [0.2, 0.25) is 0 Å². The van der Waals surface area contributed by atoms with Crippen molar-refractivity contribution in [3.05, 3.63) is 29.8 Å². The molecule has 104 valence electrons. The van der Waals surface area contributed by atoms with Gasteiger partial charge in [0.05, 0.1) is 7.11 Å². The summed E-state index contributed by atoms with van der Waals surface area (Å²) < 4.78 is 5.34. The zero-order chi connectivity index (χ0) is 13.7. The van der Waals surface area contributed by atoms with Gasteiger partial charge in [-0.25, -0.2) is 0 Å². The van der Waals surface area contributed by atoms with Gasteiger partial charge in [0.25, 0.3) is 0 Å².